The van der Waals surface area contributed by atoms with Crippen LogP contribution in [-0.4, -0.2) is 51.8 Å². The van der Waals surface area contributed by atoms with Crippen LogP contribution in [0.15, 0.2) is 36.4 Å². The maximum absolute atomic E-state index is 11.9. The van der Waals surface area contributed by atoms with Crippen LogP contribution >= 0.6 is 11.6 Å². The minimum absolute atomic E-state index is 0.261. The quantitative estimate of drug-likeness (QED) is 0.510. The molecule has 0 N–H and O–H groups in total. The molecule has 0 radical (unpaired) electrons. The second kappa shape index (κ2) is 10.7. The summed E-state index contributed by atoms with van der Waals surface area (Å²) < 4.78 is 16.2. The van der Waals surface area contributed by atoms with Gasteiger partial charge in [-0.1, -0.05) is 24.1 Å². The molecule has 1 amide bonds. The molecule has 0 bridgehead atoms. The molecule has 168 valence electrons. The van der Waals surface area contributed by atoms with Gasteiger partial charge in [0.25, 0.3) is 0 Å². The van der Waals surface area contributed by atoms with Gasteiger partial charge in [0.2, 0.25) is 6.41 Å². The summed E-state index contributed by atoms with van der Waals surface area (Å²) in [5, 5.41) is 0.523. The molecule has 2 unspecified atom stereocenters. The van der Waals surface area contributed by atoms with Crippen LogP contribution in [0.1, 0.15) is 37.8 Å². The maximum Gasteiger partial charge on any atom is 0.214 e. The molecule has 2 atom stereocenters. The minimum Gasteiger partial charge on any atom is -0.495 e. The highest BCUT2D eigenvalue weighted by molar-refractivity contribution is 6.32. The number of hydrogen-bond donors (Lipinski definition) is 0. The maximum atomic E-state index is 11.9. The average molecular weight is 447 g/mol. The smallest absolute Gasteiger partial charge is 0.214 e. The Morgan fingerprint density at radius 3 is 2.45 bits per heavy atom. The van der Waals surface area contributed by atoms with Gasteiger partial charge in [0.15, 0.2) is 11.5 Å². The zero-order valence-corrected chi connectivity index (χ0v) is 19.4. The third-order valence-corrected chi connectivity index (χ3v) is 6.36. The van der Waals surface area contributed by atoms with E-state index in [2.05, 4.69) is 24.0 Å². The van der Waals surface area contributed by atoms with E-state index in [1.807, 2.05) is 12.1 Å². The summed E-state index contributed by atoms with van der Waals surface area (Å²) in [5.74, 6) is 2.02. The molecule has 1 heterocycles. The number of piperidine rings is 1. The van der Waals surface area contributed by atoms with Crippen molar-refractivity contribution in [3.63, 3.8) is 0 Å². The second-order valence-electron chi connectivity index (χ2n) is 7.77. The van der Waals surface area contributed by atoms with Gasteiger partial charge in [-0.2, -0.15) is 0 Å². The molecule has 1 aliphatic heterocycles. The number of anilines is 1. The molecule has 1 saturated heterocycles. The van der Waals surface area contributed by atoms with Crippen LogP contribution in [-0.2, 0) is 4.79 Å². The Hall–Kier alpha value is -2.44. The van der Waals surface area contributed by atoms with Gasteiger partial charge in [0.1, 0.15) is 5.75 Å². The summed E-state index contributed by atoms with van der Waals surface area (Å²) in [5.41, 5.74) is 1.97. The van der Waals surface area contributed by atoms with Gasteiger partial charge in [-0.15, -0.1) is 0 Å². The molecule has 1 aliphatic rings. The van der Waals surface area contributed by atoms with E-state index in [1.165, 1.54) is 12.0 Å². The van der Waals surface area contributed by atoms with Crippen LogP contribution in [0, 0.1) is 0 Å². The van der Waals surface area contributed by atoms with E-state index in [0.717, 1.165) is 43.0 Å². The zero-order valence-electron chi connectivity index (χ0n) is 18.6. The molecule has 1 fully saturated rings. The molecule has 3 rings (SSSR count). The Balaban J connectivity index is 1.79. The molecule has 6 nitrogen and oxygen atoms in total. The van der Waals surface area contributed by atoms with E-state index < -0.39 is 0 Å². The first-order valence-corrected chi connectivity index (χ1v) is 10.9. The topological polar surface area (TPSA) is 51.2 Å². The number of rotatable bonds is 9. The highest BCUT2D eigenvalue weighted by Crippen LogP contribution is 2.38. The summed E-state index contributed by atoms with van der Waals surface area (Å²) in [6, 6.07) is 12.2. The Morgan fingerprint density at radius 1 is 1.03 bits per heavy atom. The first-order chi connectivity index (χ1) is 15.0. The van der Waals surface area contributed by atoms with E-state index in [1.54, 1.807) is 38.4 Å². The van der Waals surface area contributed by atoms with Crippen molar-refractivity contribution < 1.29 is 19.0 Å². The fourth-order valence-electron chi connectivity index (χ4n) is 4.33. The van der Waals surface area contributed by atoms with Crippen LogP contribution in [0.4, 0.5) is 5.69 Å². The monoisotopic (exact) mass is 446 g/mol. The van der Waals surface area contributed by atoms with E-state index in [-0.39, 0.29) is 6.04 Å². The van der Waals surface area contributed by atoms with E-state index in [9.17, 15) is 4.79 Å². The van der Waals surface area contributed by atoms with E-state index >= 15 is 0 Å². The number of benzene rings is 2. The van der Waals surface area contributed by atoms with Crippen molar-refractivity contribution in [2.75, 3.05) is 39.3 Å². The largest absolute Gasteiger partial charge is 0.495 e. The van der Waals surface area contributed by atoms with E-state index in [0.29, 0.717) is 23.4 Å². The third kappa shape index (κ3) is 5.25. The molecule has 0 spiro atoms. The fourth-order valence-corrected chi connectivity index (χ4v) is 4.53. The van der Waals surface area contributed by atoms with Gasteiger partial charge >= 0.3 is 0 Å². The lowest BCUT2D eigenvalue weighted by Crippen LogP contribution is -2.44. The van der Waals surface area contributed by atoms with Gasteiger partial charge in [-0.05, 0) is 49.6 Å². The number of methoxy groups -OCH3 is 3. The van der Waals surface area contributed by atoms with Crippen molar-refractivity contribution in [3.8, 4) is 17.2 Å². The van der Waals surface area contributed by atoms with Crippen molar-refractivity contribution in [1.82, 2.24) is 4.90 Å². The van der Waals surface area contributed by atoms with Gasteiger partial charge in [0.05, 0.1) is 26.4 Å². The molecular formula is C24H31ClN2O4. The van der Waals surface area contributed by atoms with Crippen molar-refractivity contribution >= 4 is 23.7 Å². The molecule has 2 aromatic carbocycles. The SMILES string of the molecule is COc1cc(N(C=O)CCN2C(C)CCCC2c2ccc(OC)c(OC)c2)ccc1Cl. The molecule has 7 heteroatoms. The number of carbonyl (C=O) groups is 1. The van der Waals surface area contributed by atoms with Crippen molar-refractivity contribution in [3.05, 3.63) is 47.0 Å². The lowest BCUT2D eigenvalue weighted by molar-refractivity contribution is -0.107. The molecular weight excluding hydrogens is 416 g/mol. The normalized spacial score (nSPS) is 19.0. The number of carbonyl (C=O) groups excluding carboxylic acids is 1. The number of likely N-dealkylation sites (tertiary alicyclic amines) is 1. The Morgan fingerprint density at radius 2 is 1.77 bits per heavy atom. The lowest BCUT2D eigenvalue weighted by Gasteiger charge is -2.41. The molecule has 2 aromatic rings. The van der Waals surface area contributed by atoms with Gasteiger partial charge < -0.3 is 19.1 Å². The number of nitrogens with zero attached hydrogens (tertiary/aromatic N) is 2. The summed E-state index contributed by atoms with van der Waals surface area (Å²) in [6.45, 7) is 3.58. The van der Waals surface area contributed by atoms with Crippen LogP contribution in [0.3, 0.4) is 0 Å². The molecule has 0 aliphatic carbocycles. The highest BCUT2D eigenvalue weighted by atomic mass is 35.5. The Bertz CT molecular complexity index is 892. The number of amides is 1. The summed E-state index contributed by atoms with van der Waals surface area (Å²) in [7, 11) is 4.87. The first kappa shape index (κ1) is 23.2. The van der Waals surface area contributed by atoms with Crippen LogP contribution in [0.5, 0.6) is 17.2 Å². The molecule has 31 heavy (non-hydrogen) atoms. The molecule has 0 saturated carbocycles. The van der Waals surface area contributed by atoms with E-state index in [4.69, 9.17) is 25.8 Å². The van der Waals surface area contributed by atoms with Crippen molar-refractivity contribution in [1.29, 1.82) is 0 Å². The average Bonchev–Trinajstić information content (AvgIpc) is 2.80. The van der Waals surface area contributed by atoms with Crippen molar-refractivity contribution in [2.45, 2.75) is 38.3 Å². The van der Waals surface area contributed by atoms with Crippen LogP contribution in [0.2, 0.25) is 5.02 Å². The highest BCUT2D eigenvalue weighted by Gasteiger charge is 2.30. The summed E-state index contributed by atoms with van der Waals surface area (Å²) in [6.07, 6.45) is 4.24. The number of halogens is 1. The van der Waals surface area contributed by atoms with Gasteiger partial charge in [-0.25, -0.2) is 0 Å². The fraction of sp³-hybridized carbons (Fsp3) is 0.458. The number of hydrogen-bond acceptors (Lipinski definition) is 5. The predicted molar refractivity (Wildman–Crippen MR) is 124 cm³/mol. The third-order valence-electron chi connectivity index (χ3n) is 6.05. The Kier molecular flexibility index (Phi) is 8.04. The first-order valence-electron chi connectivity index (χ1n) is 10.6. The van der Waals surface area contributed by atoms with Crippen molar-refractivity contribution in [2.24, 2.45) is 0 Å². The standard InChI is InChI=1S/C24H31ClN2O4/c1-17-6-5-7-21(18-8-11-22(29-2)24(14-18)31-4)27(17)13-12-26(16-28)19-9-10-20(25)23(15-19)30-3/h8-11,14-17,21H,5-7,12-13H2,1-4H3. The zero-order chi connectivity index (χ0) is 22.4. The number of ether oxygens (including phenoxy) is 3. The predicted octanol–water partition coefficient (Wildman–Crippen LogP) is 4.94. The van der Waals surface area contributed by atoms with Crippen LogP contribution in [0.25, 0.3) is 0 Å². The Labute approximate surface area is 189 Å². The van der Waals surface area contributed by atoms with Crippen LogP contribution < -0.4 is 19.1 Å². The minimum atomic E-state index is 0.261. The molecule has 0 aromatic heterocycles. The summed E-state index contributed by atoms with van der Waals surface area (Å²) >= 11 is 6.14. The second-order valence-corrected chi connectivity index (χ2v) is 8.17. The lowest BCUT2D eigenvalue weighted by atomic mass is 9.91. The van der Waals surface area contributed by atoms with Gasteiger partial charge in [0, 0.05) is 36.9 Å². The summed E-state index contributed by atoms with van der Waals surface area (Å²) in [4.78, 5) is 16.0. The van der Waals surface area contributed by atoms with Gasteiger partial charge in [-0.3, -0.25) is 9.69 Å².